The fourth-order valence-corrected chi connectivity index (χ4v) is 3.27. The van der Waals surface area contributed by atoms with Crippen LogP contribution in [-0.2, 0) is 11.2 Å². The molecule has 1 aliphatic carbocycles. The maximum absolute atomic E-state index is 12.9. The van der Waals surface area contributed by atoms with E-state index in [0.29, 0.717) is 17.0 Å². The lowest BCUT2D eigenvalue weighted by Gasteiger charge is -2.14. The van der Waals surface area contributed by atoms with E-state index < -0.39 is 17.8 Å². The summed E-state index contributed by atoms with van der Waals surface area (Å²) in [6.07, 6.45) is 1.19. The minimum atomic E-state index is -0.684. The number of allylic oxidation sites excluding steroid dienone is 1. The first-order valence-electron chi connectivity index (χ1n) is 6.93. The molecule has 124 valence electrons. The highest BCUT2D eigenvalue weighted by Gasteiger charge is 2.28. The Labute approximate surface area is 139 Å². The Morgan fingerprint density at radius 3 is 2.83 bits per heavy atom. The van der Waals surface area contributed by atoms with E-state index >= 15 is 0 Å². The van der Waals surface area contributed by atoms with E-state index in [1.165, 1.54) is 13.2 Å². The molecule has 2 heterocycles. The molecule has 7 nitrogen and oxygen atoms in total. The number of anilines is 1. The van der Waals surface area contributed by atoms with E-state index in [1.54, 1.807) is 0 Å². The number of rotatable bonds is 3. The van der Waals surface area contributed by atoms with Crippen molar-refractivity contribution in [2.45, 2.75) is 12.8 Å². The molecule has 1 amide bonds. The number of fused-ring (bicyclic) bond motifs is 1. The number of methoxy groups -OCH3 is 1. The van der Waals surface area contributed by atoms with Crippen LogP contribution in [-0.4, -0.2) is 34.1 Å². The fourth-order valence-electron chi connectivity index (χ4n) is 2.30. The van der Waals surface area contributed by atoms with Crippen molar-refractivity contribution in [1.29, 1.82) is 0 Å². The summed E-state index contributed by atoms with van der Waals surface area (Å²) >= 11 is 1.05. The predicted octanol–water partition coefficient (Wildman–Crippen LogP) is 2.95. The predicted molar refractivity (Wildman–Crippen MR) is 84.5 cm³/mol. The van der Waals surface area contributed by atoms with Crippen LogP contribution in [0.5, 0.6) is 0 Å². The molecule has 0 aromatic carbocycles. The van der Waals surface area contributed by atoms with Crippen molar-refractivity contribution < 1.29 is 23.8 Å². The zero-order chi connectivity index (χ0) is 17.3. The molecular weight excluding hydrogens is 337 g/mol. The highest BCUT2D eigenvalue weighted by Crippen LogP contribution is 2.37. The molecule has 0 atom stereocenters. The van der Waals surface area contributed by atoms with Crippen molar-refractivity contribution in [1.82, 2.24) is 9.97 Å². The van der Waals surface area contributed by atoms with Gasteiger partial charge in [0.05, 0.1) is 17.7 Å². The second-order valence-corrected chi connectivity index (χ2v) is 5.94. The van der Waals surface area contributed by atoms with Crippen molar-refractivity contribution in [3.63, 3.8) is 0 Å². The second-order valence-electron chi connectivity index (χ2n) is 4.94. The number of Topliss-reactive ketones (excluding diaryl/α,β-unsaturated/α-hetero) is 1. The molecule has 2 N–H and O–H groups in total. The number of halogens is 1. The Morgan fingerprint density at radius 1 is 1.38 bits per heavy atom. The molecule has 0 fully saturated rings. The van der Waals surface area contributed by atoms with Gasteiger partial charge in [-0.2, -0.15) is 4.39 Å². The smallest absolute Gasteiger partial charge is 0.413 e. The molecule has 24 heavy (non-hydrogen) atoms. The Kier molecular flexibility index (Phi) is 4.26. The maximum atomic E-state index is 12.9. The van der Waals surface area contributed by atoms with E-state index in [2.05, 4.69) is 20.0 Å². The first-order chi connectivity index (χ1) is 11.5. The van der Waals surface area contributed by atoms with Crippen molar-refractivity contribution in [2.75, 3.05) is 12.4 Å². The Balaban J connectivity index is 1.92. The van der Waals surface area contributed by atoms with Gasteiger partial charge in [0.1, 0.15) is 5.76 Å². The number of thiazole rings is 1. The van der Waals surface area contributed by atoms with Gasteiger partial charge in [0.15, 0.2) is 10.9 Å². The average Bonchev–Trinajstić information content (AvgIpc) is 2.98. The molecule has 0 saturated carbocycles. The number of aliphatic hydroxyl groups excluding tert-OH is 1. The maximum Gasteiger partial charge on any atom is 0.413 e. The number of pyridine rings is 1. The lowest BCUT2D eigenvalue weighted by atomic mass is 9.93. The van der Waals surface area contributed by atoms with Crippen LogP contribution < -0.4 is 5.32 Å². The topological polar surface area (TPSA) is 101 Å². The molecule has 0 aliphatic heterocycles. The molecule has 2 aromatic rings. The number of aromatic nitrogens is 2. The summed E-state index contributed by atoms with van der Waals surface area (Å²) in [5, 5.41) is 13.1. The molecule has 0 saturated heterocycles. The monoisotopic (exact) mass is 349 g/mol. The van der Waals surface area contributed by atoms with Crippen LogP contribution in [0.15, 0.2) is 23.9 Å². The first-order valence-corrected chi connectivity index (χ1v) is 7.74. The van der Waals surface area contributed by atoms with Crippen molar-refractivity contribution in [2.24, 2.45) is 0 Å². The molecule has 1 aliphatic rings. The van der Waals surface area contributed by atoms with Gasteiger partial charge in [-0.1, -0.05) is 11.3 Å². The second kappa shape index (κ2) is 6.36. The molecular formula is C15H12FN3O4S. The number of nitrogens with zero attached hydrogens (tertiary/aromatic N) is 2. The Morgan fingerprint density at radius 2 is 2.17 bits per heavy atom. The fraction of sp³-hybridized carbons (Fsp3) is 0.200. The number of aliphatic hydroxyl groups is 1. The quantitative estimate of drug-likeness (QED) is 0.652. The summed E-state index contributed by atoms with van der Waals surface area (Å²) in [7, 11) is 1.23. The van der Waals surface area contributed by atoms with Gasteiger partial charge in [-0.25, -0.2) is 14.8 Å². The largest absolute Gasteiger partial charge is 0.506 e. The molecule has 2 aromatic heterocycles. The number of hydrogen-bond acceptors (Lipinski definition) is 7. The van der Waals surface area contributed by atoms with Crippen molar-refractivity contribution >= 4 is 34.1 Å². The van der Waals surface area contributed by atoms with Crippen LogP contribution in [0.4, 0.5) is 14.3 Å². The number of carbonyl (C=O) groups is 2. The normalized spacial score (nSPS) is 13.4. The number of nitrogens with one attached hydrogen (secondary N) is 1. The van der Waals surface area contributed by atoms with Crippen LogP contribution in [0.3, 0.4) is 0 Å². The molecule has 0 bridgehead atoms. The Bertz CT molecular complexity index is 845. The third kappa shape index (κ3) is 2.98. The highest BCUT2D eigenvalue weighted by atomic mass is 32.1. The standard InChI is InChI=1S/C15H12FN3O4S/c1-23-15(22)19-14-18-9-4-3-8(12(21)13(9)24-14)11(20)7-2-5-10(16)17-6-7/h2,5-6,21H,3-4H2,1H3,(H,18,19,22). The van der Waals surface area contributed by atoms with Gasteiger partial charge >= 0.3 is 6.09 Å². The lowest BCUT2D eigenvalue weighted by molar-refractivity contribution is 0.102. The van der Waals surface area contributed by atoms with Gasteiger partial charge in [-0.05, 0) is 25.0 Å². The van der Waals surface area contributed by atoms with E-state index in [4.69, 9.17) is 0 Å². The zero-order valence-electron chi connectivity index (χ0n) is 12.5. The van der Waals surface area contributed by atoms with Crippen LogP contribution in [0, 0.1) is 5.95 Å². The summed E-state index contributed by atoms with van der Waals surface area (Å²) in [4.78, 5) is 31.8. The zero-order valence-corrected chi connectivity index (χ0v) is 13.3. The van der Waals surface area contributed by atoms with E-state index in [9.17, 15) is 19.1 Å². The summed E-state index contributed by atoms with van der Waals surface area (Å²) < 4.78 is 17.4. The van der Waals surface area contributed by atoms with Gasteiger partial charge in [0.25, 0.3) is 0 Å². The van der Waals surface area contributed by atoms with Gasteiger partial charge in [-0.3, -0.25) is 10.1 Å². The van der Waals surface area contributed by atoms with Crippen molar-refractivity contribution in [3.05, 3.63) is 46.0 Å². The molecule has 0 unspecified atom stereocenters. The van der Waals surface area contributed by atoms with Crippen molar-refractivity contribution in [3.8, 4) is 0 Å². The number of amides is 1. The number of hydrogen-bond donors (Lipinski definition) is 2. The van der Waals surface area contributed by atoms with Crippen LogP contribution in [0.25, 0.3) is 5.76 Å². The summed E-state index contributed by atoms with van der Waals surface area (Å²) in [5.41, 5.74) is 1.00. The van der Waals surface area contributed by atoms with Gasteiger partial charge < -0.3 is 9.84 Å². The number of ketones is 1. The SMILES string of the molecule is COC(=O)Nc1nc2c(s1)C(O)=C(C(=O)c1ccc(F)nc1)CC2. The average molecular weight is 349 g/mol. The summed E-state index contributed by atoms with van der Waals surface area (Å²) in [6, 6.07) is 2.40. The van der Waals surface area contributed by atoms with Gasteiger partial charge in [0, 0.05) is 17.3 Å². The minimum Gasteiger partial charge on any atom is -0.506 e. The number of ether oxygens (including phenoxy) is 1. The molecule has 0 spiro atoms. The van der Waals surface area contributed by atoms with Gasteiger partial charge in [0.2, 0.25) is 5.95 Å². The lowest BCUT2D eigenvalue weighted by Crippen LogP contribution is -2.12. The van der Waals surface area contributed by atoms with E-state index in [0.717, 1.165) is 23.6 Å². The minimum absolute atomic E-state index is 0.180. The van der Waals surface area contributed by atoms with E-state index in [1.807, 2.05) is 0 Å². The van der Waals surface area contributed by atoms with E-state index in [-0.39, 0.29) is 28.4 Å². The Hall–Kier alpha value is -2.81. The van der Waals surface area contributed by atoms with Crippen LogP contribution >= 0.6 is 11.3 Å². The van der Waals surface area contributed by atoms with Gasteiger partial charge in [-0.15, -0.1) is 0 Å². The first kappa shape index (κ1) is 16.1. The highest BCUT2D eigenvalue weighted by molar-refractivity contribution is 7.16. The molecule has 0 radical (unpaired) electrons. The van der Waals surface area contributed by atoms with Crippen LogP contribution in [0.1, 0.15) is 27.3 Å². The number of aryl methyl sites for hydroxylation is 1. The third-order valence-electron chi connectivity index (χ3n) is 3.47. The number of carbonyl (C=O) groups excluding carboxylic acids is 2. The summed E-state index contributed by atoms with van der Waals surface area (Å²) in [5.74, 6) is -1.28. The summed E-state index contributed by atoms with van der Waals surface area (Å²) in [6.45, 7) is 0. The molecule has 3 rings (SSSR count). The third-order valence-corrected chi connectivity index (χ3v) is 4.49. The molecule has 9 heteroatoms. The van der Waals surface area contributed by atoms with Crippen LogP contribution in [0.2, 0.25) is 0 Å².